The van der Waals surface area contributed by atoms with Gasteiger partial charge in [0.25, 0.3) is 5.91 Å². The molecule has 0 radical (unpaired) electrons. The molecule has 100 valence electrons. The van der Waals surface area contributed by atoms with Gasteiger partial charge in [0.05, 0.1) is 23.1 Å². The Balaban J connectivity index is 2.62. The normalized spacial score (nSPS) is 12.5. The Bertz CT molecular complexity index is 416. The molecule has 1 aromatic rings. The summed E-state index contributed by atoms with van der Waals surface area (Å²) in [5.74, 6) is 0.559. The quantitative estimate of drug-likeness (QED) is 0.842. The van der Waals surface area contributed by atoms with Gasteiger partial charge >= 0.3 is 0 Å². The number of carbonyl (C=O) groups excluding carboxylic acids is 1. The maximum Gasteiger partial charge on any atom is 0.253 e. The Morgan fingerprint density at radius 2 is 2.06 bits per heavy atom. The number of hydrogen-bond acceptors (Lipinski definition) is 3. The lowest BCUT2D eigenvalue weighted by Crippen LogP contribution is -2.33. The highest BCUT2D eigenvalue weighted by Gasteiger charge is 2.13. The summed E-state index contributed by atoms with van der Waals surface area (Å²) in [4.78, 5) is 16.2. The number of pyridine rings is 1. The molecule has 0 saturated carbocycles. The Morgan fingerprint density at radius 3 is 2.67 bits per heavy atom. The standard InChI is InChI=1S/C14H23N3O/c1-9(2)5-6-10(3)17-14(18)13-7-12(15)8-16-11(13)4/h7-10H,5-6,15H2,1-4H3,(H,17,18). The lowest BCUT2D eigenvalue weighted by atomic mass is 10.0. The number of carbonyl (C=O) groups is 1. The van der Waals surface area contributed by atoms with E-state index in [9.17, 15) is 4.79 Å². The highest BCUT2D eigenvalue weighted by molar-refractivity contribution is 5.96. The molecule has 18 heavy (non-hydrogen) atoms. The first-order chi connectivity index (χ1) is 8.40. The fraction of sp³-hybridized carbons (Fsp3) is 0.571. The van der Waals surface area contributed by atoms with Crippen molar-refractivity contribution in [3.8, 4) is 0 Å². The minimum Gasteiger partial charge on any atom is -0.397 e. The Kier molecular flexibility index (Phi) is 5.13. The zero-order valence-corrected chi connectivity index (χ0v) is 11.7. The van der Waals surface area contributed by atoms with E-state index in [0.29, 0.717) is 22.9 Å². The molecule has 1 atom stereocenters. The van der Waals surface area contributed by atoms with Crippen LogP contribution in [-0.4, -0.2) is 16.9 Å². The van der Waals surface area contributed by atoms with Gasteiger partial charge in [-0.1, -0.05) is 13.8 Å². The summed E-state index contributed by atoms with van der Waals surface area (Å²) in [6, 6.07) is 1.84. The lowest BCUT2D eigenvalue weighted by molar-refractivity contribution is 0.0936. The molecule has 1 amide bonds. The SMILES string of the molecule is Cc1ncc(N)cc1C(=O)NC(C)CCC(C)C. The summed E-state index contributed by atoms with van der Waals surface area (Å²) in [6.07, 6.45) is 3.65. The number of nitrogen functional groups attached to an aromatic ring is 1. The molecular weight excluding hydrogens is 226 g/mol. The maximum atomic E-state index is 12.1. The minimum absolute atomic E-state index is 0.0939. The van der Waals surface area contributed by atoms with E-state index >= 15 is 0 Å². The second-order valence-electron chi connectivity index (χ2n) is 5.25. The van der Waals surface area contributed by atoms with Gasteiger partial charge in [-0.2, -0.15) is 0 Å². The predicted molar refractivity (Wildman–Crippen MR) is 74.4 cm³/mol. The van der Waals surface area contributed by atoms with E-state index in [2.05, 4.69) is 24.1 Å². The van der Waals surface area contributed by atoms with E-state index in [1.165, 1.54) is 0 Å². The highest BCUT2D eigenvalue weighted by atomic mass is 16.1. The number of nitrogens with zero attached hydrogens (tertiary/aromatic N) is 1. The van der Waals surface area contributed by atoms with Crippen LogP contribution < -0.4 is 11.1 Å². The van der Waals surface area contributed by atoms with Crippen LogP contribution in [0.2, 0.25) is 0 Å². The third-order valence-corrected chi connectivity index (χ3v) is 2.91. The summed E-state index contributed by atoms with van der Waals surface area (Å²) in [5, 5.41) is 2.99. The van der Waals surface area contributed by atoms with E-state index in [-0.39, 0.29) is 11.9 Å². The highest BCUT2D eigenvalue weighted by Crippen LogP contribution is 2.11. The molecule has 1 unspecified atom stereocenters. The summed E-state index contributed by atoms with van der Waals surface area (Å²) in [6.45, 7) is 8.20. The fourth-order valence-corrected chi connectivity index (χ4v) is 1.74. The summed E-state index contributed by atoms with van der Waals surface area (Å²) in [5.41, 5.74) is 7.43. The largest absolute Gasteiger partial charge is 0.397 e. The number of amides is 1. The number of aromatic nitrogens is 1. The molecule has 1 aromatic heterocycles. The molecule has 4 heteroatoms. The summed E-state index contributed by atoms with van der Waals surface area (Å²) < 4.78 is 0. The fourth-order valence-electron chi connectivity index (χ4n) is 1.74. The van der Waals surface area contributed by atoms with Crippen molar-refractivity contribution in [1.29, 1.82) is 0 Å². The van der Waals surface area contributed by atoms with Crippen molar-refractivity contribution in [2.45, 2.75) is 46.6 Å². The second-order valence-corrected chi connectivity index (χ2v) is 5.25. The molecule has 4 nitrogen and oxygen atoms in total. The van der Waals surface area contributed by atoms with Crippen LogP contribution >= 0.6 is 0 Å². The molecule has 0 fully saturated rings. The number of aryl methyl sites for hydroxylation is 1. The molecule has 0 aliphatic carbocycles. The van der Waals surface area contributed by atoms with Crippen LogP contribution in [0.5, 0.6) is 0 Å². The zero-order valence-electron chi connectivity index (χ0n) is 11.7. The van der Waals surface area contributed by atoms with Gasteiger partial charge in [0, 0.05) is 6.04 Å². The first-order valence-corrected chi connectivity index (χ1v) is 6.43. The molecule has 1 heterocycles. The summed E-state index contributed by atoms with van der Waals surface area (Å²) >= 11 is 0. The topological polar surface area (TPSA) is 68.0 Å². The third-order valence-electron chi connectivity index (χ3n) is 2.91. The molecule has 0 aliphatic rings. The van der Waals surface area contributed by atoms with Gasteiger partial charge in [0.15, 0.2) is 0 Å². The zero-order chi connectivity index (χ0) is 13.7. The first kappa shape index (κ1) is 14.5. The summed E-state index contributed by atoms with van der Waals surface area (Å²) in [7, 11) is 0. The van der Waals surface area contributed by atoms with Gasteiger partial charge in [-0.05, 0) is 38.7 Å². The molecule has 0 spiro atoms. The van der Waals surface area contributed by atoms with Gasteiger partial charge in [-0.25, -0.2) is 0 Å². The van der Waals surface area contributed by atoms with E-state index in [1.807, 2.05) is 13.8 Å². The Hall–Kier alpha value is -1.58. The van der Waals surface area contributed by atoms with Crippen LogP contribution in [0.15, 0.2) is 12.3 Å². The molecular formula is C14H23N3O. The van der Waals surface area contributed by atoms with Crippen LogP contribution in [0, 0.1) is 12.8 Å². The van der Waals surface area contributed by atoms with Gasteiger partial charge < -0.3 is 11.1 Å². The van der Waals surface area contributed by atoms with Crippen molar-refractivity contribution in [3.05, 3.63) is 23.5 Å². The van der Waals surface area contributed by atoms with Crippen LogP contribution in [0.1, 0.15) is 49.7 Å². The molecule has 3 N–H and O–H groups in total. The van der Waals surface area contributed by atoms with Crippen LogP contribution in [-0.2, 0) is 0 Å². The first-order valence-electron chi connectivity index (χ1n) is 6.43. The molecule has 1 rings (SSSR count). The van der Waals surface area contributed by atoms with Gasteiger partial charge in [0.1, 0.15) is 0 Å². The second kappa shape index (κ2) is 6.38. The average Bonchev–Trinajstić information content (AvgIpc) is 2.29. The van der Waals surface area contributed by atoms with E-state index in [0.717, 1.165) is 12.8 Å². The average molecular weight is 249 g/mol. The van der Waals surface area contributed by atoms with Crippen molar-refractivity contribution in [2.75, 3.05) is 5.73 Å². The van der Waals surface area contributed by atoms with E-state index < -0.39 is 0 Å². The molecule has 0 aliphatic heterocycles. The van der Waals surface area contributed by atoms with Gasteiger partial charge in [0.2, 0.25) is 0 Å². The number of hydrogen-bond donors (Lipinski definition) is 2. The molecule has 0 aromatic carbocycles. The monoisotopic (exact) mass is 249 g/mol. The number of rotatable bonds is 5. The van der Waals surface area contributed by atoms with Crippen molar-refractivity contribution >= 4 is 11.6 Å². The third kappa shape index (κ3) is 4.35. The maximum absolute atomic E-state index is 12.1. The van der Waals surface area contributed by atoms with Gasteiger partial charge in [-0.3, -0.25) is 9.78 Å². The van der Waals surface area contributed by atoms with E-state index in [1.54, 1.807) is 12.3 Å². The molecule has 0 saturated heterocycles. The van der Waals surface area contributed by atoms with Crippen molar-refractivity contribution in [1.82, 2.24) is 10.3 Å². The van der Waals surface area contributed by atoms with Crippen LogP contribution in [0.25, 0.3) is 0 Å². The Morgan fingerprint density at radius 1 is 1.39 bits per heavy atom. The Labute approximate surface area is 109 Å². The minimum atomic E-state index is -0.0939. The smallest absolute Gasteiger partial charge is 0.253 e. The predicted octanol–water partition coefficient (Wildman–Crippen LogP) is 2.53. The molecule has 0 bridgehead atoms. The van der Waals surface area contributed by atoms with Gasteiger partial charge in [-0.15, -0.1) is 0 Å². The lowest BCUT2D eigenvalue weighted by Gasteiger charge is -2.15. The van der Waals surface area contributed by atoms with Crippen molar-refractivity contribution in [3.63, 3.8) is 0 Å². The van der Waals surface area contributed by atoms with Crippen LogP contribution in [0.4, 0.5) is 5.69 Å². The van der Waals surface area contributed by atoms with E-state index in [4.69, 9.17) is 5.73 Å². The number of nitrogens with one attached hydrogen (secondary N) is 1. The number of anilines is 1. The number of nitrogens with two attached hydrogens (primary N) is 1. The van der Waals surface area contributed by atoms with Crippen molar-refractivity contribution in [2.24, 2.45) is 5.92 Å². The van der Waals surface area contributed by atoms with Crippen molar-refractivity contribution < 1.29 is 4.79 Å². The van der Waals surface area contributed by atoms with Crippen LogP contribution in [0.3, 0.4) is 0 Å².